The molecule has 3 N–H and O–H groups in total. The normalized spacial score (nSPS) is 10.8. The predicted octanol–water partition coefficient (Wildman–Crippen LogP) is 1.71. The quantitative estimate of drug-likeness (QED) is 0.661. The lowest BCUT2D eigenvalue weighted by Gasteiger charge is -2.00. The molecule has 1 aromatic carbocycles. The highest BCUT2D eigenvalue weighted by Crippen LogP contribution is 2.29. The summed E-state index contributed by atoms with van der Waals surface area (Å²) in [6.07, 6.45) is 3.04. The number of hydrogen-bond donors (Lipinski definition) is 2. The van der Waals surface area contributed by atoms with E-state index in [2.05, 4.69) is 15.4 Å². The summed E-state index contributed by atoms with van der Waals surface area (Å²) in [4.78, 5) is 27.2. The van der Waals surface area contributed by atoms with Crippen LogP contribution in [-0.4, -0.2) is 32.3 Å². The molecule has 2 amide bonds. The number of thiazole rings is 1. The number of benzene rings is 1. The number of thioether (sulfide) groups is 1. The van der Waals surface area contributed by atoms with Crippen molar-refractivity contribution in [3.05, 3.63) is 36.7 Å². The van der Waals surface area contributed by atoms with Gasteiger partial charge in [0.1, 0.15) is 6.54 Å². The first-order chi connectivity index (χ1) is 11.1. The second-order valence-corrected chi connectivity index (χ2v) is 6.93. The zero-order chi connectivity index (χ0) is 16.2. The molecular formula is C14H13N5O2S2. The number of fused-ring (bicyclic) bond motifs is 1. The summed E-state index contributed by atoms with van der Waals surface area (Å²) in [7, 11) is 0. The van der Waals surface area contributed by atoms with E-state index in [1.807, 2.05) is 24.3 Å². The molecule has 2 heterocycles. The molecule has 7 nitrogen and oxygen atoms in total. The van der Waals surface area contributed by atoms with Gasteiger partial charge in [0.05, 0.1) is 27.9 Å². The zero-order valence-corrected chi connectivity index (χ0v) is 13.6. The van der Waals surface area contributed by atoms with Gasteiger partial charge < -0.3 is 11.1 Å². The number of nitrogens with two attached hydrogens (primary N) is 1. The number of para-hydroxylation sites is 1. The van der Waals surface area contributed by atoms with Crippen molar-refractivity contribution >= 4 is 50.8 Å². The first-order valence-electron chi connectivity index (χ1n) is 6.69. The molecule has 3 aromatic rings. The molecular weight excluding hydrogens is 334 g/mol. The van der Waals surface area contributed by atoms with Gasteiger partial charge in [-0.2, -0.15) is 5.10 Å². The first-order valence-corrected chi connectivity index (χ1v) is 8.49. The molecule has 0 spiro atoms. The van der Waals surface area contributed by atoms with Crippen molar-refractivity contribution in [2.24, 2.45) is 5.73 Å². The molecule has 0 aliphatic heterocycles. The van der Waals surface area contributed by atoms with Crippen molar-refractivity contribution in [2.75, 3.05) is 11.1 Å². The van der Waals surface area contributed by atoms with Gasteiger partial charge in [0.25, 0.3) is 0 Å². The predicted molar refractivity (Wildman–Crippen MR) is 90.4 cm³/mol. The van der Waals surface area contributed by atoms with Crippen molar-refractivity contribution in [3.8, 4) is 0 Å². The van der Waals surface area contributed by atoms with Crippen LogP contribution in [0.5, 0.6) is 0 Å². The summed E-state index contributed by atoms with van der Waals surface area (Å²) in [5.74, 6) is -0.397. The van der Waals surface area contributed by atoms with E-state index in [9.17, 15) is 9.59 Å². The third-order valence-corrected chi connectivity index (χ3v) is 5.02. The largest absolute Gasteiger partial charge is 0.368 e. The van der Waals surface area contributed by atoms with Crippen LogP contribution < -0.4 is 11.1 Å². The van der Waals surface area contributed by atoms with E-state index in [1.165, 1.54) is 22.6 Å². The number of rotatable bonds is 6. The molecule has 0 radical (unpaired) electrons. The highest BCUT2D eigenvalue weighted by molar-refractivity contribution is 8.01. The van der Waals surface area contributed by atoms with Gasteiger partial charge in [-0.15, -0.1) is 11.3 Å². The minimum atomic E-state index is -0.489. The molecule has 23 heavy (non-hydrogen) atoms. The van der Waals surface area contributed by atoms with Crippen LogP contribution in [0.1, 0.15) is 0 Å². The third kappa shape index (κ3) is 4.08. The summed E-state index contributed by atoms with van der Waals surface area (Å²) in [5, 5.41) is 6.66. The van der Waals surface area contributed by atoms with E-state index >= 15 is 0 Å². The smallest absolute Gasteiger partial charge is 0.239 e. The van der Waals surface area contributed by atoms with E-state index in [0.717, 1.165) is 14.6 Å². The summed E-state index contributed by atoms with van der Waals surface area (Å²) >= 11 is 2.95. The Bertz CT molecular complexity index is 825. The number of nitrogens with one attached hydrogen (secondary N) is 1. The molecule has 0 saturated heterocycles. The molecule has 2 aromatic heterocycles. The van der Waals surface area contributed by atoms with Gasteiger partial charge in [-0.05, 0) is 12.1 Å². The van der Waals surface area contributed by atoms with Gasteiger partial charge in [0, 0.05) is 6.20 Å². The number of amides is 2. The third-order valence-electron chi connectivity index (χ3n) is 2.84. The Morgan fingerprint density at radius 1 is 1.35 bits per heavy atom. The molecule has 0 unspecified atom stereocenters. The minimum absolute atomic E-state index is 0.0175. The van der Waals surface area contributed by atoms with Crippen LogP contribution in [0.25, 0.3) is 10.2 Å². The number of carbonyl (C=O) groups is 2. The number of primary amides is 1. The Morgan fingerprint density at radius 3 is 2.96 bits per heavy atom. The van der Waals surface area contributed by atoms with Gasteiger partial charge in [-0.3, -0.25) is 14.3 Å². The van der Waals surface area contributed by atoms with Crippen LogP contribution in [0.2, 0.25) is 0 Å². The SMILES string of the molecule is NC(=O)Cn1cc(NC(=O)CSc2nc3ccccc3s2)cn1. The topological polar surface area (TPSA) is 103 Å². The van der Waals surface area contributed by atoms with Crippen molar-refractivity contribution in [2.45, 2.75) is 10.9 Å². The summed E-state index contributed by atoms with van der Waals surface area (Å²) < 4.78 is 3.33. The lowest BCUT2D eigenvalue weighted by molar-refractivity contribution is -0.118. The average Bonchev–Trinajstić information content (AvgIpc) is 3.10. The Labute approximate surface area is 139 Å². The minimum Gasteiger partial charge on any atom is -0.368 e. The Balaban J connectivity index is 1.54. The number of aromatic nitrogens is 3. The van der Waals surface area contributed by atoms with E-state index in [4.69, 9.17) is 5.73 Å². The van der Waals surface area contributed by atoms with Gasteiger partial charge >= 0.3 is 0 Å². The molecule has 3 rings (SSSR count). The van der Waals surface area contributed by atoms with Crippen molar-refractivity contribution < 1.29 is 9.59 Å². The molecule has 0 atom stereocenters. The van der Waals surface area contributed by atoms with Crippen molar-refractivity contribution in [1.29, 1.82) is 0 Å². The maximum absolute atomic E-state index is 11.9. The van der Waals surface area contributed by atoms with E-state index < -0.39 is 5.91 Å². The standard InChI is InChI=1S/C14H13N5O2S2/c15-12(20)7-19-6-9(5-16-19)17-13(21)8-22-14-18-10-3-1-2-4-11(10)23-14/h1-6H,7-8H2,(H2,15,20)(H,17,21). The fourth-order valence-corrected chi connectivity index (χ4v) is 3.78. The van der Waals surface area contributed by atoms with Crippen LogP contribution in [0.3, 0.4) is 0 Å². The van der Waals surface area contributed by atoms with Crippen molar-refractivity contribution in [3.63, 3.8) is 0 Å². The second-order valence-electron chi connectivity index (χ2n) is 4.68. The number of anilines is 1. The lowest BCUT2D eigenvalue weighted by Crippen LogP contribution is -2.18. The molecule has 0 aliphatic rings. The first kappa shape index (κ1) is 15.5. The Kier molecular flexibility index (Phi) is 4.58. The molecule has 118 valence electrons. The molecule has 0 fully saturated rings. The highest BCUT2D eigenvalue weighted by Gasteiger charge is 2.09. The summed E-state index contributed by atoms with van der Waals surface area (Å²) in [6.45, 7) is -0.0175. The van der Waals surface area contributed by atoms with Crippen LogP contribution in [-0.2, 0) is 16.1 Å². The van der Waals surface area contributed by atoms with Crippen LogP contribution >= 0.6 is 23.1 Å². The fourth-order valence-electron chi connectivity index (χ4n) is 1.91. The van der Waals surface area contributed by atoms with Crippen LogP contribution in [0.15, 0.2) is 41.0 Å². The van der Waals surface area contributed by atoms with Crippen LogP contribution in [0, 0.1) is 0 Å². The van der Waals surface area contributed by atoms with Crippen LogP contribution in [0.4, 0.5) is 5.69 Å². The number of nitrogens with zero attached hydrogens (tertiary/aromatic N) is 3. The summed E-state index contributed by atoms with van der Waals surface area (Å²) in [5.41, 5.74) is 6.55. The van der Waals surface area contributed by atoms with E-state index in [-0.39, 0.29) is 18.2 Å². The summed E-state index contributed by atoms with van der Waals surface area (Å²) in [6, 6.07) is 7.85. The van der Waals surface area contributed by atoms with Gasteiger partial charge in [0.2, 0.25) is 11.8 Å². The van der Waals surface area contributed by atoms with Gasteiger partial charge in [-0.25, -0.2) is 4.98 Å². The Morgan fingerprint density at radius 2 is 2.17 bits per heavy atom. The monoisotopic (exact) mass is 347 g/mol. The van der Waals surface area contributed by atoms with E-state index in [1.54, 1.807) is 17.5 Å². The van der Waals surface area contributed by atoms with Gasteiger partial charge in [0.15, 0.2) is 4.34 Å². The van der Waals surface area contributed by atoms with E-state index in [0.29, 0.717) is 5.69 Å². The zero-order valence-electron chi connectivity index (χ0n) is 11.9. The average molecular weight is 347 g/mol. The van der Waals surface area contributed by atoms with Gasteiger partial charge in [-0.1, -0.05) is 23.9 Å². The lowest BCUT2D eigenvalue weighted by atomic mass is 10.3. The maximum Gasteiger partial charge on any atom is 0.239 e. The van der Waals surface area contributed by atoms with Crippen molar-refractivity contribution in [1.82, 2.24) is 14.8 Å². The molecule has 0 saturated carbocycles. The number of hydrogen-bond acceptors (Lipinski definition) is 6. The second kappa shape index (κ2) is 6.80. The molecule has 0 bridgehead atoms. The number of carbonyl (C=O) groups excluding carboxylic acids is 2. The highest BCUT2D eigenvalue weighted by atomic mass is 32.2. The molecule has 0 aliphatic carbocycles. The fraction of sp³-hybridized carbons (Fsp3) is 0.143. The molecule has 9 heteroatoms. The Hall–Kier alpha value is -2.39. The maximum atomic E-state index is 11.9.